The van der Waals surface area contributed by atoms with Gasteiger partial charge < -0.3 is 4.90 Å². The Kier molecular flexibility index (Phi) is 5.07. The summed E-state index contributed by atoms with van der Waals surface area (Å²) in [7, 11) is 4.40. The van der Waals surface area contributed by atoms with Crippen LogP contribution in [0.3, 0.4) is 0 Å². The summed E-state index contributed by atoms with van der Waals surface area (Å²) in [6, 6.07) is 6.78. The minimum atomic E-state index is 0.642. The first-order valence-corrected chi connectivity index (χ1v) is 7.56. The number of halogens is 2. The zero-order valence-electron chi connectivity index (χ0n) is 11.0. The lowest BCUT2D eigenvalue weighted by Crippen LogP contribution is -2.44. The van der Waals surface area contributed by atoms with Gasteiger partial charge in [0.1, 0.15) is 0 Å². The Bertz CT molecular complexity index is 411. The van der Waals surface area contributed by atoms with Gasteiger partial charge in [0.15, 0.2) is 0 Å². The largest absolute Gasteiger partial charge is 0.305 e. The molecule has 2 rings (SSSR count). The van der Waals surface area contributed by atoms with Crippen molar-refractivity contribution in [1.82, 2.24) is 9.80 Å². The van der Waals surface area contributed by atoms with Crippen LogP contribution in [-0.2, 0) is 6.54 Å². The summed E-state index contributed by atoms with van der Waals surface area (Å²) in [5.74, 6) is 0. The van der Waals surface area contributed by atoms with Gasteiger partial charge in [-0.1, -0.05) is 33.6 Å². The molecule has 4 heteroatoms. The van der Waals surface area contributed by atoms with Crippen LogP contribution in [0.4, 0.5) is 0 Å². The molecule has 0 aromatic heterocycles. The van der Waals surface area contributed by atoms with Crippen LogP contribution in [-0.4, -0.2) is 43.0 Å². The number of likely N-dealkylation sites (tertiary alicyclic amines) is 1. The van der Waals surface area contributed by atoms with E-state index >= 15 is 0 Å². The van der Waals surface area contributed by atoms with Crippen molar-refractivity contribution < 1.29 is 0 Å². The smallest absolute Gasteiger partial charge is 0.0462 e. The zero-order chi connectivity index (χ0) is 13.1. The maximum atomic E-state index is 6.27. The molecule has 2 nitrogen and oxygen atoms in total. The maximum absolute atomic E-state index is 6.27. The number of hydrogen-bond donors (Lipinski definition) is 0. The molecule has 1 saturated heterocycles. The van der Waals surface area contributed by atoms with Crippen LogP contribution in [0.2, 0.25) is 5.02 Å². The van der Waals surface area contributed by atoms with Gasteiger partial charge in [-0.3, -0.25) is 4.90 Å². The summed E-state index contributed by atoms with van der Waals surface area (Å²) in [5, 5.41) is 0.848. The Morgan fingerprint density at radius 2 is 2.28 bits per heavy atom. The third-order valence-electron chi connectivity index (χ3n) is 3.66. The molecule has 1 heterocycles. The second kappa shape index (κ2) is 6.38. The first kappa shape index (κ1) is 14.3. The van der Waals surface area contributed by atoms with Crippen LogP contribution in [0.5, 0.6) is 0 Å². The van der Waals surface area contributed by atoms with Crippen molar-refractivity contribution in [3.8, 4) is 0 Å². The lowest BCUT2D eigenvalue weighted by molar-refractivity contribution is 0.129. The summed E-state index contributed by atoms with van der Waals surface area (Å²) in [5.41, 5.74) is 1.20. The molecule has 1 aromatic carbocycles. The molecule has 18 heavy (non-hydrogen) atoms. The Morgan fingerprint density at radius 3 is 2.94 bits per heavy atom. The normalized spacial score (nSPS) is 21.5. The minimum absolute atomic E-state index is 0.642. The van der Waals surface area contributed by atoms with Gasteiger partial charge in [-0.15, -0.1) is 0 Å². The number of nitrogens with zero attached hydrogens (tertiary/aromatic N) is 2. The first-order chi connectivity index (χ1) is 8.56. The van der Waals surface area contributed by atoms with Crippen LogP contribution in [0.25, 0.3) is 0 Å². The second-order valence-electron chi connectivity index (χ2n) is 5.21. The molecule has 1 atom stereocenters. The Balaban J connectivity index is 1.99. The molecule has 1 aliphatic rings. The van der Waals surface area contributed by atoms with E-state index in [1.807, 2.05) is 6.07 Å². The van der Waals surface area contributed by atoms with Gasteiger partial charge in [0.05, 0.1) is 0 Å². The summed E-state index contributed by atoms with van der Waals surface area (Å²) >= 11 is 9.72. The molecule has 0 radical (unpaired) electrons. The average molecular weight is 332 g/mol. The van der Waals surface area contributed by atoms with E-state index < -0.39 is 0 Å². The molecular weight excluding hydrogens is 312 g/mol. The molecule has 1 aromatic rings. The van der Waals surface area contributed by atoms with Gasteiger partial charge in [0.2, 0.25) is 0 Å². The van der Waals surface area contributed by atoms with Gasteiger partial charge in [-0.25, -0.2) is 0 Å². The third-order valence-corrected chi connectivity index (χ3v) is 4.50. The van der Waals surface area contributed by atoms with Crippen LogP contribution < -0.4 is 0 Å². The van der Waals surface area contributed by atoms with Crippen LogP contribution in [0.15, 0.2) is 22.7 Å². The van der Waals surface area contributed by atoms with E-state index in [0.29, 0.717) is 6.04 Å². The molecule has 0 saturated carbocycles. The Labute approximate surface area is 123 Å². The molecule has 0 aliphatic carbocycles. The highest BCUT2D eigenvalue weighted by molar-refractivity contribution is 9.10. The van der Waals surface area contributed by atoms with E-state index in [2.05, 4.69) is 52.0 Å². The van der Waals surface area contributed by atoms with E-state index in [-0.39, 0.29) is 0 Å². The van der Waals surface area contributed by atoms with E-state index in [4.69, 9.17) is 11.6 Å². The van der Waals surface area contributed by atoms with Gasteiger partial charge in [-0.2, -0.15) is 0 Å². The van der Waals surface area contributed by atoms with E-state index in [1.54, 1.807) is 0 Å². The number of benzene rings is 1. The van der Waals surface area contributed by atoms with E-state index in [0.717, 1.165) is 22.6 Å². The third kappa shape index (κ3) is 3.70. The van der Waals surface area contributed by atoms with Crippen molar-refractivity contribution in [2.45, 2.75) is 25.4 Å². The highest BCUT2D eigenvalue weighted by Crippen LogP contribution is 2.24. The molecular formula is C14H20BrClN2. The number of likely N-dealkylation sites (N-methyl/N-ethyl adjacent to an activating group) is 2. The zero-order valence-corrected chi connectivity index (χ0v) is 13.3. The topological polar surface area (TPSA) is 6.48 Å². The molecule has 100 valence electrons. The van der Waals surface area contributed by atoms with Gasteiger partial charge in [0.25, 0.3) is 0 Å². The van der Waals surface area contributed by atoms with Crippen LogP contribution in [0.1, 0.15) is 18.4 Å². The van der Waals surface area contributed by atoms with Crippen molar-refractivity contribution in [2.75, 3.05) is 27.2 Å². The second-order valence-corrected chi connectivity index (χ2v) is 6.53. The summed E-state index contributed by atoms with van der Waals surface area (Å²) < 4.78 is 1.04. The molecule has 0 spiro atoms. The van der Waals surface area contributed by atoms with Crippen molar-refractivity contribution in [1.29, 1.82) is 0 Å². The number of hydrogen-bond acceptors (Lipinski definition) is 2. The number of rotatable bonds is 3. The van der Waals surface area contributed by atoms with Gasteiger partial charge in [0, 0.05) is 28.6 Å². The van der Waals surface area contributed by atoms with Crippen molar-refractivity contribution in [2.24, 2.45) is 0 Å². The fraction of sp³-hybridized carbons (Fsp3) is 0.571. The number of piperidine rings is 1. The predicted molar refractivity (Wildman–Crippen MR) is 81.1 cm³/mol. The standard InChI is InChI=1S/C14H20BrClN2/c1-17-7-3-4-13(10-17)18(2)9-11-5-6-12(15)8-14(11)16/h5-6,8,13H,3-4,7,9-10H2,1-2H3. The molecule has 0 bridgehead atoms. The molecule has 1 unspecified atom stereocenters. The highest BCUT2D eigenvalue weighted by atomic mass is 79.9. The van der Waals surface area contributed by atoms with Gasteiger partial charge in [-0.05, 0) is 51.2 Å². The van der Waals surface area contributed by atoms with Crippen molar-refractivity contribution in [3.63, 3.8) is 0 Å². The van der Waals surface area contributed by atoms with Crippen molar-refractivity contribution in [3.05, 3.63) is 33.3 Å². The van der Waals surface area contributed by atoms with Gasteiger partial charge >= 0.3 is 0 Å². The highest BCUT2D eigenvalue weighted by Gasteiger charge is 2.21. The maximum Gasteiger partial charge on any atom is 0.0462 e. The summed E-state index contributed by atoms with van der Waals surface area (Å²) in [4.78, 5) is 4.83. The van der Waals surface area contributed by atoms with Crippen molar-refractivity contribution >= 4 is 27.5 Å². The van der Waals surface area contributed by atoms with E-state index in [1.165, 1.54) is 24.9 Å². The molecule has 0 amide bonds. The predicted octanol–water partition coefficient (Wildman–Crippen LogP) is 3.63. The van der Waals surface area contributed by atoms with E-state index in [9.17, 15) is 0 Å². The summed E-state index contributed by atoms with van der Waals surface area (Å²) in [6.45, 7) is 3.30. The Morgan fingerprint density at radius 1 is 1.50 bits per heavy atom. The molecule has 0 N–H and O–H groups in total. The molecule has 1 aliphatic heterocycles. The lowest BCUT2D eigenvalue weighted by Gasteiger charge is -2.36. The van der Waals surface area contributed by atoms with Crippen LogP contribution >= 0.6 is 27.5 Å². The Hall–Kier alpha value is -0.0900. The fourth-order valence-corrected chi connectivity index (χ4v) is 3.28. The minimum Gasteiger partial charge on any atom is -0.305 e. The molecule has 1 fully saturated rings. The summed E-state index contributed by atoms with van der Waals surface area (Å²) in [6.07, 6.45) is 2.58. The fourth-order valence-electron chi connectivity index (χ4n) is 2.55. The first-order valence-electron chi connectivity index (χ1n) is 6.39. The average Bonchev–Trinajstić information content (AvgIpc) is 2.32. The quantitative estimate of drug-likeness (QED) is 0.834. The SMILES string of the molecule is CN1CCCC(N(C)Cc2ccc(Br)cc2Cl)C1. The lowest BCUT2D eigenvalue weighted by atomic mass is 10.0. The monoisotopic (exact) mass is 330 g/mol. The van der Waals surface area contributed by atoms with Crippen LogP contribution in [0, 0.1) is 0 Å².